The monoisotopic (exact) mass is 330 g/mol. The highest BCUT2D eigenvalue weighted by molar-refractivity contribution is 5.77. The maximum Gasteiger partial charge on any atom is 0.258 e. The third-order valence-corrected chi connectivity index (χ3v) is 3.65. The maximum atomic E-state index is 13.4. The van der Waals surface area contributed by atoms with Crippen molar-refractivity contribution in [3.05, 3.63) is 59.9 Å². The van der Waals surface area contributed by atoms with Crippen LogP contribution in [-0.4, -0.2) is 32.1 Å². The lowest BCUT2D eigenvalue weighted by Crippen LogP contribution is -2.37. The highest BCUT2D eigenvalue weighted by Crippen LogP contribution is 2.16. The fourth-order valence-electron chi connectivity index (χ4n) is 2.38. The second-order valence-electron chi connectivity index (χ2n) is 5.49. The Bertz CT molecular complexity index is 676. The summed E-state index contributed by atoms with van der Waals surface area (Å²) in [7, 11) is 0. The van der Waals surface area contributed by atoms with Gasteiger partial charge >= 0.3 is 0 Å². The average molecular weight is 330 g/mol. The molecule has 4 nitrogen and oxygen atoms in total. The van der Waals surface area contributed by atoms with Crippen molar-refractivity contribution in [2.45, 2.75) is 13.8 Å². The number of ether oxygens (including phenoxy) is 1. The van der Waals surface area contributed by atoms with E-state index >= 15 is 0 Å². The number of rotatable bonds is 8. The third kappa shape index (κ3) is 5.26. The zero-order valence-corrected chi connectivity index (χ0v) is 14.1. The summed E-state index contributed by atoms with van der Waals surface area (Å²) in [5.41, 5.74) is 2.34. The lowest BCUT2D eigenvalue weighted by Gasteiger charge is -2.23. The van der Waals surface area contributed by atoms with E-state index in [-0.39, 0.29) is 18.3 Å². The number of aryl methyl sites for hydroxylation is 1. The highest BCUT2D eigenvalue weighted by Gasteiger charge is 2.08. The van der Waals surface area contributed by atoms with Crippen molar-refractivity contribution in [1.29, 1.82) is 0 Å². The molecule has 0 aliphatic rings. The van der Waals surface area contributed by atoms with Gasteiger partial charge in [-0.25, -0.2) is 4.39 Å². The van der Waals surface area contributed by atoms with Crippen LogP contribution < -0.4 is 15.0 Å². The number of carbonyl (C=O) groups excluding carboxylic acids is 1. The smallest absolute Gasteiger partial charge is 0.258 e. The Morgan fingerprint density at radius 1 is 1.21 bits per heavy atom. The van der Waals surface area contributed by atoms with Gasteiger partial charge in [0.2, 0.25) is 0 Å². The van der Waals surface area contributed by atoms with Crippen LogP contribution in [-0.2, 0) is 4.79 Å². The van der Waals surface area contributed by atoms with Crippen LogP contribution in [0.4, 0.5) is 10.1 Å². The maximum absolute atomic E-state index is 13.4. The van der Waals surface area contributed by atoms with Crippen LogP contribution in [0.1, 0.15) is 12.5 Å². The zero-order chi connectivity index (χ0) is 17.4. The van der Waals surface area contributed by atoms with Crippen molar-refractivity contribution in [3.8, 4) is 5.75 Å². The molecule has 1 N–H and O–H groups in total. The third-order valence-electron chi connectivity index (χ3n) is 3.65. The quantitative estimate of drug-likeness (QED) is 0.808. The van der Waals surface area contributed by atoms with E-state index in [0.717, 1.165) is 12.2 Å². The van der Waals surface area contributed by atoms with E-state index in [9.17, 15) is 9.18 Å². The molecule has 0 aliphatic heterocycles. The van der Waals surface area contributed by atoms with Gasteiger partial charge in [-0.05, 0) is 43.7 Å². The molecule has 2 rings (SSSR count). The Labute approximate surface area is 142 Å². The molecule has 0 bridgehead atoms. The molecular formula is C19H23FN2O2. The minimum absolute atomic E-state index is 0.0857. The second-order valence-corrected chi connectivity index (χ2v) is 5.49. The van der Waals surface area contributed by atoms with Crippen molar-refractivity contribution in [2.24, 2.45) is 0 Å². The van der Waals surface area contributed by atoms with Crippen molar-refractivity contribution < 1.29 is 13.9 Å². The average Bonchev–Trinajstić information content (AvgIpc) is 2.58. The highest BCUT2D eigenvalue weighted by atomic mass is 19.1. The first-order valence-corrected chi connectivity index (χ1v) is 8.05. The molecule has 1 amide bonds. The van der Waals surface area contributed by atoms with E-state index in [1.807, 2.05) is 6.07 Å². The number of para-hydroxylation sites is 1. The van der Waals surface area contributed by atoms with Gasteiger partial charge in [-0.15, -0.1) is 0 Å². The lowest BCUT2D eigenvalue weighted by molar-refractivity contribution is -0.123. The molecule has 0 saturated carbocycles. The zero-order valence-electron chi connectivity index (χ0n) is 14.1. The first-order chi connectivity index (χ1) is 11.6. The minimum atomic E-state index is -0.470. The molecule has 2 aromatic carbocycles. The number of carbonyl (C=O) groups is 1. The minimum Gasteiger partial charge on any atom is -0.481 e. The van der Waals surface area contributed by atoms with Crippen LogP contribution in [0.5, 0.6) is 5.75 Å². The Balaban J connectivity index is 1.76. The summed E-state index contributed by atoms with van der Waals surface area (Å²) in [6, 6.07) is 14.3. The van der Waals surface area contributed by atoms with E-state index in [2.05, 4.69) is 42.3 Å². The first kappa shape index (κ1) is 17.8. The van der Waals surface area contributed by atoms with Crippen molar-refractivity contribution >= 4 is 11.6 Å². The van der Waals surface area contributed by atoms with Gasteiger partial charge < -0.3 is 15.0 Å². The summed E-state index contributed by atoms with van der Waals surface area (Å²) in [4.78, 5) is 14.0. The fourth-order valence-corrected chi connectivity index (χ4v) is 2.38. The number of nitrogens with zero attached hydrogens (tertiary/aromatic N) is 1. The predicted molar refractivity (Wildman–Crippen MR) is 94.0 cm³/mol. The van der Waals surface area contributed by atoms with Crippen LogP contribution in [0.15, 0.2) is 48.5 Å². The summed E-state index contributed by atoms with van der Waals surface area (Å²) in [5.74, 6) is -0.650. The van der Waals surface area contributed by atoms with Crippen LogP contribution in [0, 0.1) is 12.7 Å². The van der Waals surface area contributed by atoms with E-state index in [0.29, 0.717) is 13.1 Å². The van der Waals surface area contributed by atoms with Crippen molar-refractivity contribution in [2.75, 3.05) is 31.1 Å². The SMILES string of the molecule is CCN(CCNC(=O)COc1ccccc1F)c1cccc(C)c1. The fraction of sp³-hybridized carbons (Fsp3) is 0.316. The van der Waals surface area contributed by atoms with Gasteiger partial charge in [0.1, 0.15) is 0 Å². The van der Waals surface area contributed by atoms with Gasteiger partial charge in [0, 0.05) is 25.3 Å². The molecule has 2 aromatic rings. The largest absolute Gasteiger partial charge is 0.481 e. The van der Waals surface area contributed by atoms with Gasteiger partial charge in [-0.2, -0.15) is 0 Å². The molecule has 0 aromatic heterocycles. The summed E-state index contributed by atoms with van der Waals surface area (Å²) >= 11 is 0. The van der Waals surface area contributed by atoms with E-state index in [1.54, 1.807) is 12.1 Å². The Morgan fingerprint density at radius 3 is 2.71 bits per heavy atom. The topological polar surface area (TPSA) is 41.6 Å². The summed E-state index contributed by atoms with van der Waals surface area (Å²) < 4.78 is 18.6. The van der Waals surface area contributed by atoms with Gasteiger partial charge in [0.15, 0.2) is 18.2 Å². The van der Waals surface area contributed by atoms with Crippen molar-refractivity contribution in [3.63, 3.8) is 0 Å². The summed E-state index contributed by atoms with van der Waals surface area (Å²) in [6.07, 6.45) is 0. The Morgan fingerprint density at radius 2 is 2.00 bits per heavy atom. The number of hydrogen-bond acceptors (Lipinski definition) is 3. The summed E-state index contributed by atoms with van der Waals surface area (Å²) in [5, 5.41) is 2.79. The first-order valence-electron chi connectivity index (χ1n) is 8.05. The van der Waals surface area contributed by atoms with Gasteiger partial charge in [-0.3, -0.25) is 4.79 Å². The second kappa shape index (κ2) is 8.91. The Kier molecular flexibility index (Phi) is 6.61. The molecular weight excluding hydrogens is 307 g/mol. The number of hydrogen-bond donors (Lipinski definition) is 1. The molecule has 5 heteroatoms. The van der Waals surface area contributed by atoms with Crippen LogP contribution >= 0.6 is 0 Å². The predicted octanol–water partition coefficient (Wildman–Crippen LogP) is 3.16. The number of nitrogens with one attached hydrogen (secondary N) is 1. The summed E-state index contributed by atoms with van der Waals surface area (Å²) in [6.45, 7) is 5.99. The molecule has 0 atom stereocenters. The number of anilines is 1. The van der Waals surface area contributed by atoms with E-state index in [4.69, 9.17) is 4.74 Å². The van der Waals surface area contributed by atoms with Crippen LogP contribution in [0.2, 0.25) is 0 Å². The molecule has 128 valence electrons. The Hall–Kier alpha value is -2.56. The number of likely N-dealkylation sites (N-methyl/N-ethyl adjacent to an activating group) is 1. The van der Waals surface area contributed by atoms with E-state index in [1.165, 1.54) is 17.7 Å². The van der Waals surface area contributed by atoms with Crippen LogP contribution in [0.3, 0.4) is 0 Å². The molecule has 0 heterocycles. The molecule has 0 unspecified atom stereocenters. The molecule has 0 radical (unpaired) electrons. The van der Waals surface area contributed by atoms with Gasteiger partial charge in [-0.1, -0.05) is 24.3 Å². The lowest BCUT2D eigenvalue weighted by atomic mass is 10.2. The van der Waals surface area contributed by atoms with Crippen molar-refractivity contribution in [1.82, 2.24) is 5.32 Å². The standard InChI is InChI=1S/C19H23FN2O2/c1-3-22(16-8-6-7-15(2)13-16)12-11-21-19(23)14-24-18-10-5-4-9-17(18)20/h4-10,13H,3,11-12,14H2,1-2H3,(H,21,23). The van der Waals surface area contributed by atoms with E-state index < -0.39 is 5.82 Å². The van der Waals surface area contributed by atoms with Gasteiger partial charge in [0.25, 0.3) is 5.91 Å². The molecule has 0 saturated heterocycles. The number of halogens is 1. The number of amides is 1. The normalized spacial score (nSPS) is 10.3. The molecule has 24 heavy (non-hydrogen) atoms. The number of benzene rings is 2. The molecule has 0 fully saturated rings. The molecule has 0 aliphatic carbocycles. The molecule has 0 spiro atoms. The van der Waals surface area contributed by atoms with Crippen LogP contribution in [0.25, 0.3) is 0 Å². The van der Waals surface area contributed by atoms with Gasteiger partial charge in [0.05, 0.1) is 0 Å².